The highest BCUT2D eigenvalue weighted by Crippen LogP contribution is 2.08. The van der Waals surface area contributed by atoms with Gasteiger partial charge in [-0.15, -0.1) is 0 Å². The summed E-state index contributed by atoms with van der Waals surface area (Å²) in [6, 6.07) is 0. The lowest BCUT2D eigenvalue weighted by atomic mass is 10.1. The van der Waals surface area contributed by atoms with Gasteiger partial charge in [0.2, 0.25) is 0 Å². The van der Waals surface area contributed by atoms with Gasteiger partial charge >= 0.3 is 0 Å². The third kappa shape index (κ3) is 6.29. The molecule has 3 radical (unpaired) electrons. The van der Waals surface area contributed by atoms with Crippen molar-refractivity contribution in [2.75, 3.05) is 6.54 Å². The van der Waals surface area contributed by atoms with Gasteiger partial charge in [-0.3, -0.25) is 0 Å². The molecule has 2 nitrogen and oxygen atoms in total. The SMILES string of the molecule is C.CC.CC(C)C1=CNNC1.[B]. The minimum absolute atomic E-state index is 0. The van der Waals surface area contributed by atoms with Gasteiger partial charge < -0.3 is 5.43 Å². The van der Waals surface area contributed by atoms with Crippen LogP contribution in [0.15, 0.2) is 11.8 Å². The Morgan fingerprint density at radius 3 is 2.00 bits per heavy atom. The quantitative estimate of drug-likeness (QED) is 0.586. The second kappa shape index (κ2) is 10.6. The largest absolute Gasteiger partial charge is 0.328 e. The average Bonchev–Trinajstić information content (AvgIpc) is 2.42. The highest BCUT2D eigenvalue weighted by atomic mass is 15.4. The van der Waals surface area contributed by atoms with Crippen molar-refractivity contribution < 1.29 is 0 Å². The maximum atomic E-state index is 3.01. The van der Waals surface area contributed by atoms with Gasteiger partial charge in [-0.2, -0.15) is 0 Å². The van der Waals surface area contributed by atoms with E-state index in [0.29, 0.717) is 5.92 Å². The van der Waals surface area contributed by atoms with E-state index in [1.807, 2.05) is 20.0 Å². The predicted octanol–water partition coefficient (Wildman–Crippen LogP) is 1.92. The first-order valence-corrected chi connectivity index (χ1v) is 3.98. The summed E-state index contributed by atoms with van der Waals surface area (Å²) in [4.78, 5) is 0. The maximum absolute atomic E-state index is 3.01. The minimum Gasteiger partial charge on any atom is -0.328 e. The molecule has 1 heterocycles. The monoisotopic (exact) mass is 169 g/mol. The molecule has 0 spiro atoms. The molecule has 1 aliphatic rings. The molecule has 0 aromatic rings. The van der Waals surface area contributed by atoms with E-state index in [9.17, 15) is 0 Å². The fourth-order valence-corrected chi connectivity index (χ4v) is 0.719. The molecule has 0 unspecified atom stereocenters. The van der Waals surface area contributed by atoms with Gasteiger partial charge in [-0.05, 0) is 11.5 Å². The van der Waals surface area contributed by atoms with Crippen LogP contribution in [0.5, 0.6) is 0 Å². The Bertz CT molecular complexity index is 111. The van der Waals surface area contributed by atoms with Crippen LogP contribution in [0.2, 0.25) is 0 Å². The molecular weight excluding hydrogens is 147 g/mol. The molecule has 71 valence electrons. The van der Waals surface area contributed by atoms with E-state index in [2.05, 4.69) is 24.7 Å². The molecule has 0 fully saturated rings. The second-order valence-corrected chi connectivity index (χ2v) is 2.37. The lowest BCUT2D eigenvalue weighted by Gasteiger charge is -2.01. The van der Waals surface area contributed by atoms with E-state index in [4.69, 9.17) is 0 Å². The van der Waals surface area contributed by atoms with Crippen LogP contribution in [0.1, 0.15) is 35.1 Å². The Hall–Kier alpha value is -0.435. The van der Waals surface area contributed by atoms with Gasteiger partial charge in [0.15, 0.2) is 0 Å². The summed E-state index contributed by atoms with van der Waals surface area (Å²) in [6.07, 6.45) is 2.03. The molecule has 0 bridgehead atoms. The first-order valence-electron chi connectivity index (χ1n) is 3.98. The number of rotatable bonds is 1. The van der Waals surface area contributed by atoms with E-state index < -0.39 is 0 Å². The van der Waals surface area contributed by atoms with Gasteiger partial charge in [0, 0.05) is 21.2 Å². The number of hydrogen-bond donors (Lipinski definition) is 2. The smallest absolute Gasteiger partial charge is 0.0378 e. The third-order valence-electron chi connectivity index (χ3n) is 1.39. The Kier molecular flexibility index (Phi) is 15.5. The maximum Gasteiger partial charge on any atom is 0.0378 e. The Labute approximate surface area is 79.4 Å². The summed E-state index contributed by atoms with van der Waals surface area (Å²) in [5.41, 5.74) is 7.40. The molecule has 0 amide bonds. The van der Waals surface area contributed by atoms with Crippen LogP contribution >= 0.6 is 0 Å². The lowest BCUT2D eigenvalue weighted by molar-refractivity contribution is 0.686. The lowest BCUT2D eigenvalue weighted by Crippen LogP contribution is -2.20. The molecule has 0 aliphatic carbocycles. The Morgan fingerprint density at radius 2 is 1.83 bits per heavy atom. The van der Waals surface area contributed by atoms with Crippen molar-refractivity contribution in [3.63, 3.8) is 0 Å². The molecule has 3 heteroatoms. The number of nitrogens with one attached hydrogen (secondary N) is 2. The number of hydrogen-bond acceptors (Lipinski definition) is 2. The summed E-state index contributed by atoms with van der Waals surface area (Å²) in [5.74, 6) is 0.678. The summed E-state index contributed by atoms with van der Waals surface area (Å²) in [5, 5.41) is 0. The topological polar surface area (TPSA) is 24.1 Å². The predicted molar refractivity (Wildman–Crippen MR) is 57.9 cm³/mol. The van der Waals surface area contributed by atoms with Crippen molar-refractivity contribution in [3.05, 3.63) is 11.8 Å². The van der Waals surface area contributed by atoms with Crippen LogP contribution in [-0.2, 0) is 0 Å². The Morgan fingerprint density at radius 1 is 1.33 bits per heavy atom. The normalized spacial score (nSPS) is 12.9. The molecule has 0 saturated carbocycles. The van der Waals surface area contributed by atoms with Gasteiger partial charge in [0.05, 0.1) is 0 Å². The highest BCUT2D eigenvalue weighted by Gasteiger charge is 2.05. The van der Waals surface area contributed by atoms with E-state index >= 15 is 0 Å². The second-order valence-electron chi connectivity index (χ2n) is 2.37. The Balaban J connectivity index is -0.000000189. The van der Waals surface area contributed by atoms with E-state index in [1.165, 1.54) is 5.57 Å². The number of hydrazine groups is 1. The first kappa shape index (κ1) is 17.6. The van der Waals surface area contributed by atoms with Crippen molar-refractivity contribution >= 4 is 8.41 Å². The molecular formula is C9H22BN2. The van der Waals surface area contributed by atoms with Crippen LogP contribution in [0.25, 0.3) is 0 Å². The van der Waals surface area contributed by atoms with Crippen LogP contribution in [0, 0.1) is 5.92 Å². The van der Waals surface area contributed by atoms with Crippen molar-refractivity contribution in [3.8, 4) is 0 Å². The zero-order chi connectivity index (χ0) is 7.98. The molecule has 1 aliphatic heterocycles. The van der Waals surface area contributed by atoms with E-state index in [-0.39, 0.29) is 15.8 Å². The van der Waals surface area contributed by atoms with Crippen molar-refractivity contribution in [1.82, 2.24) is 10.9 Å². The molecule has 0 aromatic heterocycles. The first-order chi connectivity index (χ1) is 4.80. The average molecular weight is 169 g/mol. The fraction of sp³-hybridized carbons (Fsp3) is 0.778. The summed E-state index contributed by atoms with van der Waals surface area (Å²) < 4.78 is 0. The molecule has 0 atom stereocenters. The van der Waals surface area contributed by atoms with Gasteiger partial charge in [-0.25, -0.2) is 5.43 Å². The molecule has 0 aromatic carbocycles. The van der Waals surface area contributed by atoms with Crippen LogP contribution in [-0.4, -0.2) is 15.0 Å². The summed E-state index contributed by atoms with van der Waals surface area (Å²) in [7, 11) is 0. The van der Waals surface area contributed by atoms with Crippen molar-refractivity contribution in [2.24, 2.45) is 5.92 Å². The van der Waals surface area contributed by atoms with Crippen molar-refractivity contribution in [2.45, 2.75) is 35.1 Å². The fourth-order valence-electron chi connectivity index (χ4n) is 0.719. The standard InChI is InChI=1S/C6H12N2.C2H6.CH4.B/c1-5(2)6-3-7-8-4-6;1-2;;/h3,5,7-8H,4H2,1-2H3;1-2H3;1H4;. The van der Waals surface area contributed by atoms with Crippen LogP contribution in [0.3, 0.4) is 0 Å². The highest BCUT2D eigenvalue weighted by molar-refractivity contribution is 5.75. The van der Waals surface area contributed by atoms with E-state index in [1.54, 1.807) is 0 Å². The zero-order valence-electron chi connectivity index (χ0n) is 7.94. The zero-order valence-corrected chi connectivity index (χ0v) is 7.94. The molecule has 1 rings (SSSR count). The minimum atomic E-state index is 0. The van der Waals surface area contributed by atoms with Gasteiger partial charge in [-0.1, -0.05) is 35.1 Å². The van der Waals surface area contributed by atoms with Crippen LogP contribution < -0.4 is 10.9 Å². The molecule has 12 heavy (non-hydrogen) atoms. The van der Waals surface area contributed by atoms with Gasteiger partial charge in [0.25, 0.3) is 0 Å². The molecule has 0 saturated heterocycles. The summed E-state index contributed by atoms with van der Waals surface area (Å²) in [6.45, 7) is 9.39. The van der Waals surface area contributed by atoms with Crippen LogP contribution in [0.4, 0.5) is 0 Å². The van der Waals surface area contributed by atoms with Gasteiger partial charge in [0.1, 0.15) is 0 Å². The van der Waals surface area contributed by atoms with E-state index in [0.717, 1.165) is 6.54 Å². The summed E-state index contributed by atoms with van der Waals surface area (Å²) >= 11 is 0. The van der Waals surface area contributed by atoms with Crippen molar-refractivity contribution in [1.29, 1.82) is 0 Å². The molecule has 2 N–H and O–H groups in total. The third-order valence-corrected chi connectivity index (χ3v) is 1.39.